The molecule has 1 heterocycles. The molecule has 1 aliphatic rings. The van der Waals surface area contributed by atoms with E-state index in [2.05, 4.69) is 10.6 Å². The van der Waals surface area contributed by atoms with Gasteiger partial charge in [-0.15, -0.1) is 11.3 Å². The van der Waals surface area contributed by atoms with Crippen molar-refractivity contribution in [1.82, 2.24) is 5.32 Å². The van der Waals surface area contributed by atoms with E-state index in [1.54, 1.807) is 6.92 Å². The first-order valence-electron chi connectivity index (χ1n) is 6.99. The van der Waals surface area contributed by atoms with Gasteiger partial charge in [-0.1, -0.05) is 6.92 Å². The van der Waals surface area contributed by atoms with Crippen LogP contribution in [0.15, 0.2) is 0 Å². The summed E-state index contributed by atoms with van der Waals surface area (Å²) in [5, 5.41) is 6.43. The van der Waals surface area contributed by atoms with Gasteiger partial charge in [-0.05, 0) is 38.3 Å². The maximum atomic E-state index is 12.1. The molecule has 1 aromatic heterocycles. The SMILES string of the molecule is CCNCC(=O)Nc1sc2c(c1C(=O)OCC)CCC2. The lowest BCUT2D eigenvalue weighted by Crippen LogP contribution is -2.28. The zero-order valence-corrected chi connectivity index (χ0v) is 12.7. The van der Waals surface area contributed by atoms with Crippen LogP contribution in [-0.4, -0.2) is 31.6 Å². The average molecular weight is 296 g/mol. The third-order valence-corrected chi connectivity index (χ3v) is 4.40. The molecule has 0 saturated heterocycles. The van der Waals surface area contributed by atoms with E-state index in [0.29, 0.717) is 17.2 Å². The fraction of sp³-hybridized carbons (Fsp3) is 0.571. The van der Waals surface area contributed by atoms with Crippen LogP contribution in [0.4, 0.5) is 5.00 Å². The van der Waals surface area contributed by atoms with E-state index in [-0.39, 0.29) is 18.4 Å². The van der Waals surface area contributed by atoms with Crippen molar-refractivity contribution in [2.75, 3.05) is 25.0 Å². The number of hydrogen-bond acceptors (Lipinski definition) is 5. The molecule has 0 aromatic carbocycles. The van der Waals surface area contributed by atoms with Crippen LogP contribution in [0.25, 0.3) is 0 Å². The second kappa shape index (κ2) is 6.85. The lowest BCUT2D eigenvalue weighted by Gasteiger charge is -2.08. The molecule has 0 atom stereocenters. The van der Waals surface area contributed by atoms with E-state index in [1.165, 1.54) is 16.2 Å². The Balaban J connectivity index is 2.19. The van der Waals surface area contributed by atoms with Gasteiger partial charge in [0.2, 0.25) is 5.91 Å². The highest BCUT2D eigenvalue weighted by atomic mass is 32.1. The molecule has 2 rings (SSSR count). The number of anilines is 1. The molecule has 2 N–H and O–H groups in total. The molecule has 0 spiro atoms. The third-order valence-electron chi connectivity index (χ3n) is 3.19. The van der Waals surface area contributed by atoms with Crippen molar-refractivity contribution in [3.8, 4) is 0 Å². The van der Waals surface area contributed by atoms with Gasteiger partial charge >= 0.3 is 5.97 Å². The van der Waals surface area contributed by atoms with E-state index < -0.39 is 0 Å². The summed E-state index contributed by atoms with van der Waals surface area (Å²) in [6, 6.07) is 0. The molecule has 6 heteroatoms. The molecule has 0 aliphatic heterocycles. The Morgan fingerprint density at radius 2 is 2.10 bits per heavy atom. The Kier molecular flexibility index (Phi) is 5.14. The number of ether oxygens (including phenoxy) is 1. The van der Waals surface area contributed by atoms with Crippen LogP contribution in [0.5, 0.6) is 0 Å². The van der Waals surface area contributed by atoms with Crippen LogP contribution in [0, 0.1) is 0 Å². The predicted octanol–water partition coefficient (Wildman–Crippen LogP) is 1.96. The summed E-state index contributed by atoms with van der Waals surface area (Å²) in [5.41, 5.74) is 1.63. The standard InChI is InChI=1S/C14H20N2O3S/c1-3-15-8-11(17)16-13-12(14(18)19-4-2)9-6-5-7-10(9)20-13/h15H,3-8H2,1-2H3,(H,16,17). The van der Waals surface area contributed by atoms with Gasteiger partial charge in [0.05, 0.1) is 18.7 Å². The summed E-state index contributed by atoms with van der Waals surface area (Å²) in [6.07, 6.45) is 2.94. The first-order valence-corrected chi connectivity index (χ1v) is 7.81. The highest BCUT2D eigenvalue weighted by Crippen LogP contribution is 2.39. The molecular formula is C14H20N2O3S. The second-order valence-electron chi connectivity index (χ2n) is 4.61. The maximum Gasteiger partial charge on any atom is 0.341 e. The molecule has 5 nitrogen and oxygen atoms in total. The van der Waals surface area contributed by atoms with Crippen molar-refractivity contribution < 1.29 is 14.3 Å². The maximum absolute atomic E-state index is 12.1. The fourth-order valence-corrected chi connectivity index (χ4v) is 3.61. The van der Waals surface area contributed by atoms with Crippen molar-refractivity contribution in [3.63, 3.8) is 0 Å². The van der Waals surface area contributed by atoms with Crippen molar-refractivity contribution in [2.45, 2.75) is 33.1 Å². The zero-order valence-electron chi connectivity index (χ0n) is 11.9. The third kappa shape index (κ3) is 3.19. The van der Waals surface area contributed by atoms with Crippen LogP contribution in [0.2, 0.25) is 0 Å². The number of carbonyl (C=O) groups is 2. The summed E-state index contributed by atoms with van der Waals surface area (Å²) in [6.45, 7) is 5.06. The molecule has 0 unspecified atom stereocenters. The molecule has 20 heavy (non-hydrogen) atoms. The monoisotopic (exact) mass is 296 g/mol. The Labute approximate surface area is 122 Å². The highest BCUT2D eigenvalue weighted by Gasteiger charge is 2.28. The number of rotatable bonds is 6. The minimum atomic E-state index is -0.328. The topological polar surface area (TPSA) is 67.4 Å². The van der Waals surface area contributed by atoms with Gasteiger partial charge < -0.3 is 15.4 Å². The van der Waals surface area contributed by atoms with Crippen molar-refractivity contribution >= 4 is 28.2 Å². The molecule has 0 radical (unpaired) electrons. The summed E-state index contributed by atoms with van der Waals surface area (Å²) >= 11 is 1.50. The number of hydrogen-bond donors (Lipinski definition) is 2. The zero-order chi connectivity index (χ0) is 14.5. The van der Waals surface area contributed by atoms with Crippen molar-refractivity contribution in [1.29, 1.82) is 0 Å². The number of amides is 1. The van der Waals surface area contributed by atoms with E-state index in [4.69, 9.17) is 4.74 Å². The van der Waals surface area contributed by atoms with Gasteiger partial charge in [-0.25, -0.2) is 4.79 Å². The first kappa shape index (κ1) is 15.0. The minimum Gasteiger partial charge on any atom is -0.462 e. The van der Waals surface area contributed by atoms with Crippen LogP contribution in [0.1, 0.15) is 41.1 Å². The lowest BCUT2D eigenvalue weighted by molar-refractivity contribution is -0.115. The Morgan fingerprint density at radius 3 is 2.80 bits per heavy atom. The molecule has 110 valence electrons. The summed E-state index contributed by atoms with van der Waals surface area (Å²) in [4.78, 5) is 25.1. The summed E-state index contributed by atoms with van der Waals surface area (Å²) in [5.74, 6) is -0.456. The lowest BCUT2D eigenvalue weighted by atomic mass is 10.1. The van der Waals surface area contributed by atoms with Crippen LogP contribution < -0.4 is 10.6 Å². The van der Waals surface area contributed by atoms with Gasteiger partial charge in [0.1, 0.15) is 5.00 Å². The van der Waals surface area contributed by atoms with Crippen molar-refractivity contribution in [2.24, 2.45) is 0 Å². The Bertz CT molecular complexity index is 511. The number of aryl methyl sites for hydroxylation is 1. The number of fused-ring (bicyclic) bond motifs is 1. The molecule has 0 saturated carbocycles. The predicted molar refractivity (Wildman–Crippen MR) is 79.5 cm³/mol. The number of esters is 1. The number of carbonyl (C=O) groups excluding carboxylic acids is 2. The smallest absolute Gasteiger partial charge is 0.341 e. The number of thiophene rings is 1. The van der Waals surface area contributed by atoms with Crippen molar-refractivity contribution in [3.05, 3.63) is 16.0 Å². The molecule has 1 aliphatic carbocycles. The second-order valence-corrected chi connectivity index (χ2v) is 5.72. The van der Waals surface area contributed by atoms with Gasteiger partial charge in [0.15, 0.2) is 0 Å². The van der Waals surface area contributed by atoms with E-state index >= 15 is 0 Å². The summed E-state index contributed by atoms with van der Waals surface area (Å²) in [7, 11) is 0. The Morgan fingerprint density at radius 1 is 1.30 bits per heavy atom. The molecule has 1 amide bonds. The van der Waals surface area contributed by atoms with E-state index in [1.807, 2.05) is 6.92 Å². The average Bonchev–Trinajstić information content (AvgIpc) is 2.96. The molecular weight excluding hydrogens is 276 g/mol. The Hall–Kier alpha value is -1.40. The summed E-state index contributed by atoms with van der Waals surface area (Å²) < 4.78 is 5.12. The molecule has 0 fully saturated rings. The quantitative estimate of drug-likeness (QED) is 0.788. The van der Waals surface area contributed by atoms with E-state index in [9.17, 15) is 9.59 Å². The van der Waals surface area contributed by atoms with E-state index in [0.717, 1.165) is 31.4 Å². The van der Waals surface area contributed by atoms with Gasteiger partial charge in [0, 0.05) is 4.88 Å². The van der Waals surface area contributed by atoms with Crippen LogP contribution >= 0.6 is 11.3 Å². The fourth-order valence-electron chi connectivity index (χ4n) is 2.32. The highest BCUT2D eigenvalue weighted by molar-refractivity contribution is 7.17. The minimum absolute atomic E-state index is 0.127. The largest absolute Gasteiger partial charge is 0.462 e. The molecule has 0 bridgehead atoms. The number of nitrogens with one attached hydrogen (secondary N) is 2. The van der Waals surface area contributed by atoms with Crippen LogP contribution in [-0.2, 0) is 22.4 Å². The van der Waals surface area contributed by atoms with Gasteiger partial charge in [-0.3, -0.25) is 4.79 Å². The van der Waals surface area contributed by atoms with Gasteiger partial charge in [0.25, 0.3) is 0 Å². The normalized spacial score (nSPS) is 13.1. The molecule has 1 aromatic rings. The van der Waals surface area contributed by atoms with Gasteiger partial charge in [-0.2, -0.15) is 0 Å². The first-order chi connectivity index (χ1) is 9.67. The number of likely N-dealkylation sites (N-methyl/N-ethyl adjacent to an activating group) is 1. The van der Waals surface area contributed by atoms with Crippen LogP contribution in [0.3, 0.4) is 0 Å².